The minimum atomic E-state index is -0.505. The summed E-state index contributed by atoms with van der Waals surface area (Å²) in [6, 6.07) is 4.33. The van der Waals surface area contributed by atoms with Crippen molar-refractivity contribution in [2.75, 3.05) is 6.61 Å². The van der Waals surface area contributed by atoms with Crippen molar-refractivity contribution >= 4 is 18.7 Å². The Labute approximate surface area is 136 Å². The lowest BCUT2D eigenvalue weighted by Gasteiger charge is -2.32. The van der Waals surface area contributed by atoms with Crippen molar-refractivity contribution in [1.82, 2.24) is 0 Å². The van der Waals surface area contributed by atoms with Crippen LogP contribution in [0.25, 0.3) is 0 Å². The largest absolute Gasteiger partial charge is 0.493 e. The summed E-state index contributed by atoms with van der Waals surface area (Å²) in [7, 11) is -0.476. The van der Waals surface area contributed by atoms with E-state index in [2.05, 4.69) is 0 Å². The third-order valence-corrected chi connectivity index (χ3v) is 4.54. The quantitative estimate of drug-likeness (QED) is 0.843. The highest BCUT2D eigenvalue weighted by atomic mass is 35.5. The van der Waals surface area contributed by atoms with Crippen molar-refractivity contribution < 1.29 is 18.4 Å². The summed E-state index contributed by atoms with van der Waals surface area (Å²) in [6.45, 7) is 8.26. The number of benzene rings is 1. The van der Waals surface area contributed by atoms with Crippen LogP contribution in [0.4, 0.5) is 4.39 Å². The van der Waals surface area contributed by atoms with Crippen LogP contribution in [0.1, 0.15) is 34.1 Å². The van der Waals surface area contributed by atoms with E-state index in [1.54, 1.807) is 6.07 Å². The van der Waals surface area contributed by atoms with Gasteiger partial charge in [0.2, 0.25) is 0 Å². The zero-order valence-corrected chi connectivity index (χ0v) is 14.1. The zero-order chi connectivity index (χ0) is 16.5. The average Bonchev–Trinajstić information content (AvgIpc) is 2.63. The monoisotopic (exact) mass is 329 g/mol. The Morgan fingerprint density at radius 2 is 1.86 bits per heavy atom. The molecule has 22 heavy (non-hydrogen) atoms. The molecular weight excluding hydrogens is 307 g/mol. The predicted molar refractivity (Wildman–Crippen MR) is 85.6 cm³/mol. The van der Waals surface area contributed by atoms with Crippen LogP contribution in [0.3, 0.4) is 0 Å². The van der Waals surface area contributed by atoms with E-state index in [0.717, 1.165) is 0 Å². The van der Waals surface area contributed by atoms with Gasteiger partial charge in [0.1, 0.15) is 11.6 Å². The Morgan fingerprint density at radius 1 is 1.27 bits per heavy atom. The molecule has 4 nitrogen and oxygen atoms in total. The van der Waals surface area contributed by atoms with Gasteiger partial charge in [0, 0.05) is 12.0 Å². The van der Waals surface area contributed by atoms with E-state index >= 15 is 0 Å². The summed E-state index contributed by atoms with van der Waals surface area (Å²) in [6.07, 6.45) is 0.529. The summed E-state index contributed by atoms with van der Waals surface area (Å²) >= 11 is 5.62. The topological polar surface area (TPSA) is 53.7 Å². The molecule has 0 spiro atoms. The van der Waals surface area contributed by atoms with Crippen LogP contribution in [-0.4, -0.2) is 30.9 Å². The van der Waals surface area contributed by atoms with Crippen molar-refractivity contribution in [3.8, 4) is 5.75 Å². The maximum absolute atomic E-state index is 13.3. The highest BCUT2D eigenvalue weighted by molar-refractivity contribution is 6.47. The second-order valence-electron chi connectivity index (χ2n) is 6.50. The number of halogens is 2. The van der Waals surface area contributed by atoms with Gasteiger partial charge >= 0.3 is 7.12 Å². The lowest BCUT2D eigenvalue weighted by Crippen LogP contribution is -2.42. The molecule has 1 aliphatic rings. The van der Waals surface area contributed by atoms with Gasteiger partial charge in [0.05, 0.1) is 22.8 Å². The Kier molecular flexibility index (Phi) is 5.07. The zero-order valence-electron chi connectivity index (χ0n) is 13.4. The fraction of sp³-hybridized carbons (Fsp3) is 0.600. The van der Waals surface area contributed by atoms with E-state index in [1.807, 2.05) is 27.7 Å². The van der Waals surface area contributed by atoms with Crippen molar-refractivity contribution in [2.45, 2.75) is 51.3 Å². The van der Waals surface area contributed by atoms with Crippen LogP contribution < -0.4 is 10.5 Å². The van der Waals surface area contributed by atoms with Gasteiger partial charge in [-0.2, -0.15) is 0 Å². The molecular formula is C15H22BClFNO3. The lowest BCUT2D eigenvalue weighted by atomic mass is 9.77. The second kappa shape index (κ2) is 6.36. The third-order valence-electron chi connectivity index (χ3n) is 4.23. The summed E-state index contributed by atoms with van der Waals surface area (Å²) in [5.41, 5.74) is 5.30. The van der Waals surface area contributed by atoms with E-state index in [-0.39, 0.29) is 11.0 Å². The highest BCUT2D eigenvalue weighted by Gasteiger charge is 2.52. The lowest BCUT2D eigenvalue weighted by molar-refractivity contribution is 0.00578. The number of rotatable bonds is 5. The molecule has 1 heterocycles. The fourth-order valence-corrected chi connectivity index (χ4v) is 2.20. The number of nitrogens with two attached hydrogens (primary N) is 1. The maximum atomic E-state index is 13.3. The maximum Gasteiger partial charge on any atom is 0.475 e. The first-order chi connectivity index (χ1) is 10.1. The van der Waals surface area contributed by atoms with Crippen molar-refractivity contribution in [3.05, 3.63) is 29.0 Å². The van der Waals surface area contributed by atoms with E-state index in [0.29, 0.717) is 18.8 Å². The molecule has 7 heteroatoms. The number of hydrogen-bond donors (Lipinski definition) is 1. The van der Waals surface area contributed by atoms with Crippen LogP contribution in [0.2, 0.25) is 5.02 Å². The van der Waals surface area contributed by atoms with Gasteiger partial charge in [-0.3, -0.25) is 0 Å². The molecule has 0 bridgehead atoms. The molecule has 1 unspecified atom stereocenters. The van der Waals surface area contributed by atoms with Gasteiger partial charge in [-0.25, -0.2) is 4.39 Å². The normalized spacial score (nSPS) is 21.0. The molecule has 2 rings (SSSR count). The summed E-state index contributed by atoms with van der Waals surface area (Å²) in [5, 5.41) is 0.0706. The molecule has 0 amide bonds. The van der Waals surface area contributed by atoms with E-state index < -0.39 is 24.1 Å². The van der Waals surface area contributed by atoms with Crippen molar-refractivity contribution in [2.24, 2.45) is 5.73 Å². The molecule has 2 N–H and O–H groups in total. The molecule has 1 fully saturated rings. The molecule has 0 radical (unpaired) electrons. The van der Waals surface area contributed by atoms with Crippen LogP contribution >= 0.6 is 11.6 Å². The van der Waals surface area contributed by atoms with Crippen LogP contribution in [0, 0.1) is 5.82 Å². The first-order valence-electron chi connectivity index (χ1n) is 7.31. The Bertz CT molecular complexity index is 526. The highest BCUT2D eigenvalue weighted by Crippen LogP contribution is 2.37. The SMILES string of the molecule is CC1(C)OB(C(N)CCOc2ccc(Cl)c(F)c2)OC1(C)C. The fourth-order valence-electron chi connectivity index (χ4n) is 2.08. The molecule has 1 atom stereocenters. The second-order valence-corrected chi connectivity index (χ2v) is 6.91. The van der Waals surface area contributed by atoms with Crippen LogP contribution in [0.5, 0.6) is 5.75 Å². The van der Waals surface area contributed by atoms with Gasteiger partial charge in [0.15, 0.2) is 0 Å². The molecule has 0 saturated carbocycles. The summed E-state index contributed by atoms with van der Waals surface area (Å²) in [5.74, 6) is -0.407. The Balaban J connectivity index is 1.83. The minimum absolute atomic E-state index is 0.0706. The molecule has 1 aromatic rings. The molecule has 0 aromatic heterocycles. The molecule has 1 aromatic carbocycles. The van der Waals surface area contributed by atoms with Crippen LogP contribution in [-0.2, 0) is 9.31 Å². The number of ether oxygens (including phenoxy) is 1. The van der Waals surface area contributed by atoms with E-state index in [9.17, 15) is 4.39 Å². The van der Waals surface area contributed by atoms with Crippen molar-refractivity contribution in [1.29, 1.82) is 0 Å². The third kappa shape index (κ3) is 3.74. The van der Waals surface area contributed by atoms with E-state index in [4.69, 9.17) is 31.4 Å². The first kappa shape index (κ1) is 17.5. The number of hydrogen-bond acceptors (Lipinski definition) is 4. The van der Waals surface area contributed by atoms with Gasteiger partial charge in [-0.15, -0.1) is 0 Å². The summed E-state index contributed by atoms with van der Waals surface area (Å²) < 4.78 is 30.6. The van der Waals surface area contributed by atoms with Gasteiger partial charge in [0.25, 0.3) is 0 Å². The molecule has 1 saturated heterocycles. The standard InChI is InChI=1S/C15H22BClFNO3/c1-14(2)15(3,4)22-16(21-14)13(19)7-8-20-10-5-6-11(17)12(18)9-10/h5-6,9,13H,7-8,19H2,1-4H3. The minimum Gasteiger partial charge on any atom is -0.493 e. The van der Waals surface area contributed by atoms with Gasteiger partial charge in [-0.05, 0) is 46.2 Å². The van der Waals surface area contributed by atoms with Gasteiger partial charge in [-0.1, -0.05) is 11.6 Å². The van der Waals surface area contributed by atoms with E-state index in [1.165, 1.54) is 12.1 Å². The molecule has 1 aliphatic heterocycles. The van der Waals surface area contributed by atoms with Crippen molar-refractivity contribution in [3.63, 3.8) is 0 Å². The average molecular weight is 330 g/mol. The predicted octanol–water partition coefficient (Wildman–Crippen LogP) is 3.21. The van der Waals surface area contributed by atoms with Crippen LogP contribution in [0.15, 0.2) is 18.2 Å². The smallest absolute Gasteiger partial charge is 0.475 e. The molecule has 122 valence electrons. The molecule has 0 aliphatic carbocycles. The first-order valence-corrected chi connectivity index (χ1v) is 7.69. The Morgan fingerprint density at radius 3 is 2.41 bits per heavy atom. The Hall–Kier alpha value is -0.815. The summed E-state index contributed by atoms with van der Waals surface area (Å²) in [4.78, 5) is 0. The van der Waals surface area contributed by atoms with Gasteiger partial charge < -0.3 is 19.8 Å².